The number of aromatic nitrogens is 1. The van der Waals surface area contributed by atoms with Crippen LogP contribution in [0.4, 0.5) is 5.13 Å². The van der Waals surface area contributed by atoms with E-state index in [-0.39, 0.29) is 17.2 Å². The summed E-state index contributed by atoms with van der Waals surface area (Å²) in [7, 11) is -3.27. The molecule has 0 bridgehead atoms. The molecular weight excluding hydrogens is 380 g/mol. The molecule has 5 nitrogen and oxygen atoms in total. The number of amides is 1. The molecule has 1 aromatic heterocycles. The number of sulfone groups is 1. The van der Waals surface area contributed by atoms with Crippen LogP contribution in [0.25, 0.3) is 10.2 Å². The average molecular weight is 403 g/mol. The van der Waals surface area contributed by atoms with Gasteiger partial charge < -0.3 is 5.32 Å². The van der Waals surface area contributed by atoms with Crippen LogP contribution < -0.4 is 5.32 Å². The summed E-state index contributed by atoms with van der Waals surface area (Å²) in [6.45, 7) is 4.36. The highest BCUT2D eigenvalue weighted by Crippen LogP contribution is 2.28. The highest BCUT2D eigenvalue weighted by molar-refractivity contribution is 7.90. The van der Waals surface area contributed by atoms with Crippen LogP contribution in [-0.4, -0.2) is 25.6 Å². The largest absolute Gasteiger partial charge is 0.302 e. The van der Waals surface area contributed by atoms with Gasteiger partial charge in [0.25, 0.3) is 0 Å². The Labute approximate surface area is 163 Å². The maximum atomic E-state index is 12.3. The number of thiazole rings is 1. The van der Waals surface area contributed by atoms with Crippen molar-refractivity contribution in [3.8, 4) is 0 Å². The van der Waals surface area contributed by atoms with Crippen LogP contribution in [0.5, 0.6) is 0 Å². The summed E-state index contributed by atoms with van der Waals surface area (Å²) in [6, 6.07) is 12.9. The van der Waals surface area contributed by atoms with Crippen LogP contribution >= 0.6 is 11.3 Å². The molecule has 1 heterocycles. The number of rotatable bonds is 6. The number of carbonyl (C=O) groups excluding carboxylic acids is 1. The molecule has 0 aliphatic heterocycles. The smallest absolute Gasteiger partial charge is 0.230 e. The zero-order chi connectivity index (χ0) is 19.6. The lowest BCUT2D eigenvalue weighted by molar-refractivity contribution is -0.115. The summed E-state index contributed by atoms with van der Waals surface area (Å²) >= 11 is 1.27. The number of fused-ring (bicyclic) bond motifs is 1. The fraction of sp³-hybridized carbons (Fsp3) is 0.300. The number of benzene rings is 2. The molecule has 0 aliphatic rings. The number of hydrogen-bond donors (Lipinski definition) is 1. The van der Waals surface area contributed by atoms with Crippen LogP contribution in [0.2, 0.25) is 0 Å². The van der Waals surface area contributed by atoms with Crippen LogP contribution in [0, 0.1) is 5.92 Å². The van der Waals surface area contributed by atoms with Gasteiger partial charge in [0.1, 0.15) is 0 Å². The summed E-state index contributed by atoms with van der Waals surface area (Å²) in [6.07, 6.45) is 2.46. The lowest BCUT2D eigenvalue weighted by Gasteiger charge is -2.06. The van der Waals surface area contributed by atoms with Gasteiger partial charge in [-0.3, -0.25) is 4.79 Å². The van der Waals surface area contributed by atoms with Crippen LogP contribution in [0.3, 0.4) is 0 Å². The zero-order valence-corrected chi connectivity index (χ0v) is 17.2. The van der Waals surface area contributed by atoms with E-state index in [0.717, 1.165) is 16.7 Å². The second-order valence-electron chi connectivity index (χ2n) is 7.06. The molecule has 142 valence electrons. The van der Waals surface area contributed by atoms with E-state index in [1.807, 2.05) is 12.1 Å². The first-order valence-electron chi connectivity index (χ1n) is 8.69. The molecule has 3 rings (SSSR count). The van der Waals surface area contributed by atoms with E-state index in [9.17, 15) is 13.2 Å². The Morgan fingerprint density at radius 2 is 1.78 bits per heavy atom. The van der Waals surface area contributed by atoms with Crippen molar-refractivity contribution < 1.29 is 13.2 Å². The SMILES string of the molecule is CC(C)Cc1ccc(CC(=O)Nc2nc3ccc(S(C)(=O)=O)cc3s2)cc1. The first-order valence-corrected chi connectivity index (χ1v) is 11.4. The molecular formula is C20H22N2O3S2. The molecule has 27 heavy (non-hydrogen) atoms. The number of anilines is 1. The van der Waals surface area contributed by atoms with Crippen LogP contribution in [-0.2, 0) is 27.5 Å². The third-order valence-corrected chi connectivity index (χ3v) is 6.11. The van der Waals surface area contributed by atoms with E-state index in [1.54, 1.807) is 12.1 Å². The molecule has 0 aliphatic carbocycles. The Bertz CT molecular complexity index is 1070. The van der Waals surface area contributed by atoms with Crippen molar-refractivity contribution in [2.45, 2.75) is 31.6 Å². The Kier molecular flexibility index (Phi) is 5.62. The molecule has 2 aromatic carbocycles. The summed E-state index contributed by atoms with van der Waals surface area (Å²) in [5.41, 5.74) is 2.88. The predicted molar refractivity (Wildman–Crippen MR) is 110 cm³/mol. The maximum absolute atomic E-state index is 12.3. The predicted octanol–water partition coefficient (Wildman–Crippen LogP) is 4.08. The van der Waals surface area contributed by atoms with Crippen molar-refractivity contribution in [2.24, 2.45) is 5.92 Å². The zero-order valence-electron chi connectivity index (χ0n) is 15.5. The van der Waals surface area contributed by atoms with Crippen molar-refractivity contribution in [3.63, 3.8) is 0 Å². The molecule has 1 N–H and O–H groups in total. The molecule has 0 fully saturated rings. The van der Waals surface area contributed by atoms with Gasteiger partial charge in [0, 0.05) is 6.26 Å². The normalized spacial score (nSPS) is 11.9. The number of carbonyl (C=O) groups is 1. The number of hydrogen-bond acceptors (Lipinski definition) is 5. The van der Waals surface area contributed by atoms with Gasteiger partial charge in [-0.25, -0.2) is 13.4 Å². The van der Waals surface area contributed by atoms with Gasteiger partial charge in [-0.15, -0.1) is 0 Å². The second kappa shape index (κ2) is 7.78. The monoisotopic (exact) mass is 402 g/mol. The van der Waals surface area contributed by atoms with E-state index in [0.29, 0.717) is 16.6 Å². The van der Waals surface area contributed by atoms with Gasteiger partial charge >= 0.3 is 0 Å². The number of nitrogens with one attached hydrogen (secondary N) is 1. The Morgan fingerprint density at radius 3 is 2.41 bits per heavy atom. The molecule has 0 radical (unpaired) electrons. The van der Waals surface area contributed by atoms with Crippen molar-refractivity contribution >= 4 is 42.4 Å². The van der Waals surface area contributed by atoms with Gasteiger partial charge in [-0.1, -0.05) is 49.4 Å². The van der Waals surface area contributed by atoms with Gasteiger partial charge in [-0.05, 0) is 41.7 Å². The third-order valence-electron chi connectivity index (χ3n) is 4.07. The van der Waals surface area contributed by atoms with E-state index in [2.05, 4.69) is 36.3 Å². The lowest BCUT2D eigenvalue weighted by Crippen LogP contribution is -2.14. The average Bonchev–Trinajstić information content (AvgIpc) is 2.96. The summed E-state index contributed by atoms with van der Waals surface area (Å²) in [5.74, 6) is 0.454. The minimum atomic E-state index is -3.27. The Morgan fingerprint density at radius 1 is 1.11 bits per heavy atom. The summed E-state index contributed by atoms with van der Waals surface area (Å²) < 4.78 is 24.1. The van der Waals surface area contributed by atoms with E-state index in [1.165, 1.54) is 29.2 Å². The Balaban J connectivity index is 1.68. The Hall–Kier alpha value is -2.25. The van der Waals surface area contributed by atoms with Crippen LogP contribution in [0.15, 0.2) is 47.4 Å². The molecule has 0 saturated carbocycles. The molecule has 7 heteroatoms. The molecule has 0 saturated heterocycles. The highest BCUT2D eigenvalue weighted by atomic mass is 32.2. The van der Waals surface area contributed by atoms with Gasteiger partial charge in [-0.2, -0.15) is 0 Å². The lowest BCUT2D eigenvalue weighted by atomic mass is 10.0. The van der Waals surface area contributed by atoms with E-state index >= 15 is 0 Å². The van der Waals surface area contributed by atoms with Gasteiger partial charge in [0.15, 0.2) is 15.0 Å². The third kappa shape index (κ3) is 5.14. The van der Waals surface area contributed by atoms with Crippen molar-refractivity contribution in [3.05, 3.63) is 53.6 Å². The van der Waals surface area contributed by atoms with Crippen LogP contribution in [0.1, 0.15) is 25.0 Å². The first kappa shape index (κ1) is 19.5. The minimum Gasteiger partial charge on any atom is -0.302 e. The van der Waals surface area contributed by atoms with Gasteiger partial charge in [0.2, 0.25) is 5.91 Å². The fourth-order valence-electron chi connectivity index (χ4n) is 2.80. The molecule has 0 atom stereocenters. The summed E-state index contributed by atoms with van der Waals surface area (Å²) in [5, 5.41) is 3.27. The van der Waals surface area contributed by atoms with E-state index < -0.39 is 9.84 Å². The standard InChI is InChI=1S/C20H22N2O3S2/c1-13(2)10-14-4-6-15(7-5-14)11-19(23)22-20-21-17-9-8-16(27(3,24)25)12-18(17)26-20/h4-9,12-13H,10-11H2,1-3H3,(H,21,22,23). The van der Waals surface area contributed by atoms with Crippen molar-refractivity contribution in [1.29, 1.82) is 0 Å². The van der Waals surface area contributed by atoms with Crippen molar-refractivity contribution in [1.82, 2.24) is 4.98 Å². The van der Waals surface area contributed by atoms with Crippen molar-refractivity contribution in [2.75, 3.05) is 11.6 Å². The fourth-order valence-corrected chi connectivity index (χ4v) is 4.45. The highest BCUT2D eigenvalue weighted by Gasteiger charge is 2.12. The molecule has 0 unspecified atom stereocenters. The summed E-state index contributed by atoms with van der Waals surface area (Å²) in [4.78, 5) is 16.9. The van der Waals surface area contributed by atoms with E-state index in [4.69, 9.17) is 0 Å². The second-order valence-corrected chi connectivity index (χ2v) is 10.1. The quantitative estimate of drug-likeness (QED) is 0.674. The van der Waals surface area contributed by atoms with Gasteiger partial charge in [0.05, 0.1) is 21.5 Å². The first-order chi connectivity index (χ1) is 12.7. The maximum Gasteiger partial charge on any atom is 0.230 e. The molecule has 1 amide bonds. The molecule has 0 spiro atoms. The molecule has 3 aromatic rings. The minimum absolute atomic E-state index is 0.144. The number of nitrogens with zero attached hydrogens (tertiary/aromatic N) is 1. The topological polar surface area (TPSA) is 76.1 Å².